The van der Waals surface area contributed by atoms with Crippen LogP contribution in [-0.4, -0.2) is 12.1 Å². The van der Waals surface area contributed by atoms with Crippen LogP contribution in [0.15, 0.2) is 17.1 Å². The van der Waals surface area contributed by atoms with E-state index in [1.807, 2.05) is 0 Å². The number of H-pyrrole nitrogens is 1. The summed E-state index contributed by atoms with van der Waals surface area (Å²) in [4.78, 5) is 12.9. The lowest BCUT2D eigenvalue weighted by atomic mass is 10.3. The van der Waals surface area contributed by atoms with E-state index in [2.05, 4.69) is 9.72 Å². The summed E-state index contributed by atoms with van der Waals surface area (Å²) in [7, 11) is 1.34. The van der Waals surface area contributed by atoms with Crippen molar-refractivity contribution in [3.8, 4) is 5.75 Å². The fraction of sp³-hybridized carbons (Fsp3) is 0.286. The molecule has 12 heavy (non-hydrogen) atoms. The Labute approximate surface area is 67.0 Å². The Balaban J connectivity index is 3.17. The molecule has 0 bridgehead atoms. The molecule has 0 saturated heterocycles. The van der Waals surface area contributed by atoms with Crippen LogP contribution in [0.2, 0.25) is 0 Å². The number of aromatic nitrogens is 1. The highest BCUT2D eigenvalue weighted by Gasteiger charge is 2.12. The van der Waals surface area contributed by atoms with Gasteiger partial charge in [0.1, 0.15) is 5.75 Å². The lowest BCUT2D eigenvalue weighted by molar-refractivity contribution is 0.149. The van der Waals surface area contributed by atoms with E-state index in [4.69, 9.17) is 0 Å². The zero-order chi connectivity index (χ0) is 9.14. The molecule has 0 aromatic carbocycles. The molecule has 0 atom stereocenters. The van der Waals surface area contributed by atoms with Crippen LogP contribution >= 0.6 is 0 Å². The van der Waals surface area contributed by atoms with Crippen molar-refractivity contribution in [2.45, 2.75) is 6.43 Å². The smallest absolute Gasteiger partial charge is 0.269 e. The summed E-state index contributed by atoms with van der Waals surface area (Å²) in [5, 5.41) is 0. The molecule has 0 aliphatic rings. The van der Waals surface area contributed by atoms with Crippen molar-refractivity contribution in [1.82, 2.24) is 4.98 Å². The molecule has 1 aromatic rings. The summed E-state index contributed by atoms with van der Waals surface area (Å²) in [6, 6.07) is 1.02. The molecule has 5 heteroatoms. The largest absolute Gasteiger partial charge is 0.495 e. The maximum atomic E-state index is 12.1. The number of hydrogen-bond acceptors (Lipinski definition) is 2. The van der Waals surface area contributed by atoms with Crippen LogP contribution in [0.5, 0.6) is 5.75 Å². The maximum absolute atomic E-state index is 12.1. The monoisotopic (exact) mass is 175 g/mol. The van der Waals surface area contributed by atoms with Crippen molar-refractivity contribution in [1.29, 1.82) is 0 Å². The number of alkyl halides is 2. The predicted octanol–water partition coefficient (Wildman–Crippen LogP) is 1.32. The third kappa shape index (κ3) is 1.61. The highest BCUT2D eigenvalue weighted by Crippen LogP contribution is 2.17. The second-order valence-electron chi connectivity index (χ2n) is 2.12. The highest BCUT2D eigenvalue weighted by atomic mass is 19.3. The number of halogens is 2. The molecular formula is C7H7F2NO2. The molecule has 0 unspecified atom stereocenters. The summed E-state index contributed by atoms with van der Waals surface area (Å²) in [5.74, 6) is 0.213. The van der Waals surface area contributed by atoms with Gasteiger partial charge in [0.15, 0.2) is 0 Å². The van der Waals surface area contributed by atoms with Crippen molar-refractivity contribution >= 4 is 0 Å². The fourth-order valence-electron chi connectivity index (χ4n) is 0.760. The van der Waals surface area contributed by atoms with E-state index in [1.54, 1.807) is 0 Å². The topological polar surface area (TPSA) is 42.1 Å². The van der Waals surface area contributed by atoms with Crippen molar-refractivity contribution < 1.29 is 13.5 Å². The molecule has 0 aliphatic carbocycles. The number of nitrogens with one attached hydrogen (secondary N) is 1. The molecule has 1 N–H and O–H groups in total. The molecule has 1 heterocycles. The minimum absolute atomic E-state index is 0.213. The van der Waals surface area contributed by atoms with E-state index in [9.17, 15) is 13.6 Å². The van der Waals surface area contributed by atoms with Crippen molar-refractivity contribution in [3.05, 3.63) is 28.2 Å². The van der Waals surface area contributed by atoms with Crippen LogP contribution in [0.3, 0.4) is 0 Å². The Morgan fingerprint density at radius 3 is 2.75 bits per heavy atom. The number of aromatic amines is 1. The van der Waals surface area contributed by atoms with Gasteiger partial charge >= 0.3 is 0 Å². The predicted molar refractivity (Wildman–Crippen MR) is 38.6 cm³/mol. The molecule has 0 aliphatic heterocycles. The van der Waals surface area contributed by atoms with Crippen LogP contribution in [0, 0.1) is 0 Å². The molecule has 66 valence electrons. The van der Waals surface area contributed by atoms with E-state index >= 15 is 0 Å². The van der Waals surface area contributed by atoms with Crippen molar-refractivity contribution in [3.63, 3.8) is 0 Å². The van der Waals surface area contributed by atoms with Gasteiger partial charge in [-0.25, -0.2) is 8.78 Å². The Kier molecular flexibility index (Phi) is 2.42. The minimum Gasteiger partial charge on any atom is -0.495 e. The van der Waals surface area contributed by atoms with Gasteiger partial charge in [0.25, 0.3) is 12.0 Å². The molecular weight excluding hydrogens is 168 g/mol. The number of rotatable bonds is 2. The van der Waals surface area contributed by atoms with E-state index in [-0.39, 0.29) is 5.75 Å². The first-order valence-corrected chi connectivity index (χ1v) is 3.20. The first kappa shape index (κ1) is 8.70. The summed E-state index contributed by atoms with van der Waals surface area (Å²) in [5.41, 5.74) is -1.36. The molecule has 0 radical (unpaired) electrons. The Hall–Kier alpha value is -1.39. The highest BCUT2D eigenvalue weighted by molar-refractivity contribution is 5.24. The van der Waals surface area contributed by atoms with Gasteiger partial charge in [-0.05, 0) is 6.07 Å². The summed E-state index contributed by atoms with van der Waals surface area (Å²) in [6.07, 6.45) is -1.54. The Bertz CT molecular complexity index is 321. The van der Waals surface area contributed by atoms with Crippen LogP contribution in [-0.2, 0) is 0 Å². The third-order valence-corrected chi connectivity index (χ3v) is 1.38. The lowest BCUT2D eigenvalue weighted by Gasteiger charge is -2.01. The van der Waals surface area contributed by atoms with Gasteiger partial charge in [-0.1, -0.05) is 0 Å². The average molecular weight is 175 g/mol. The SMILES string of the molecule is COc1c[nH]c(=O)c(C(F)F)c1. The van der Waals surface area contributed by atoms with Gasteiger partial charge in [0, 0.05) is 6.20 Å². The molecule has 0 spiro atoms. The first-order valence-electron chi connectivity index (χ1n) is 3.20. The molecule has 0 fully saturated rings. The Morgan fingerprint density at radius 1 is 1.58 bits per heavy atom. The van der Waals surface area contributed by atoms with Gasteiger partial charge < -0.3 is 9.72 Å². The second-order valence-corrected chi connectivity index (χ2v) is 2.12. The average Bonchev–Trinajstić information content (AvgIpc) is 2.05. The molecule has 0 saturated carbocycles. The molecule has 0 amide bonds. The zero-order valence-corrected chi connectivity index (χ0v) is 6.30. The van der Waals surface area contributed by atoms with Gasteiger partial charge in [0.05, 0.1) is 12.7 Å². The fourth-order valence-corrected chi connectivity index (χ4v) is 0.760. The zero-order valence-electron chi connectivity index (χ0n) is 6.30. The first-order chi connectivity index (χ1) is 5.65. The summed E-state index contributed by atoms with van der Waals surface area (Å²) < 4.78 is 28.8. The second kappa shape index (κ2) is 3.34. The van der Waals surface area contributed by atoms with Crippen LogP contribution in [0.1, 0.15) is 12.0 Å². The van der Waals surface area contributed by atoms with E-state index in [0.29, 0.717) is 0 Å². The van der Waals surface area contributed by atoms with Crippen LogP contribution in [0.4, 0.5) is 8.78 Å². The Morgan fingerprint density at radius 2 is 2.25 bits per heavy atom. The van der Waals surface area contributed by atoms with E-state index in [1.165, 1.54) is 13.3 Å². The normalized spacial score (nSPS) is 10.3. The van der Waals surface area contributed by atoms with E-state index in [0.717, 1.165) is 6.07 Å². The maximum Gasteiger partial charge on any atom is 0.269 e. The van der Waals surface area contributed by atoms with Gasteiger partial charge in [0.2, 0.25) is 0 Å². The molecule has 3 nitrogen and oxygen atoms in total. The van der Waals surface area contributed by atoms with E-state index < -0.39 is 17.5 Å². The summed E-state index contributed by atoms with van der Waals surface area (Å²) in [6.45, 7) is 0. The standard InChI is InChI=1S/C7H7F2NO2/c1-12-4-2-5(6(8)9)7(11)10-3-4/h2-3,6H,1H3,(H,10,11). The van der Waals surface area contributed by atoms with Crippen LogP contribution < -0.4 is 10.3 Å². The van der Waals surface area contributed by atoms with Crippen molar-refractivity contribution in [2.24, 2.45) is 0 Å². The van der Waals surface area contributed by atoms with Gasteiger partial charge in [-0.15, -0.1) is 0 Å². The lowest BCUT2D eigenvalue weighted by Crippen LogP contribution is -2.12. The number of hydrogen-bond donors (Lipinski definition) is 1. The van der Waals surface area contributed by atoms with Crippen molar-refractivity contribution in [2.75, 3.05) is 7.11 Å². The van der Waals surface area contributed by atoms with Crippen LogP contribution in [0.25, 0.3) is 0 Å². The van der Waals surface area contributed by atoms with Gasteiger partial charge in [-0.2, -0.15) is 0 Å². The summed E-state index contributed by atoms with van der Waals surface area (Å²) >= 11 is 0. The molecule has 1 rings (SSSR count). The minimum atomic E-state index is -2.77. The molecule has 1 aromatic heterocycles. The number of methoxy groups -OCH3 is 1. The quantitative estimate of drug-likeness (QED) is 0.736. The van der Waals surface area contributed by atoms with Gasteiger partial charge in [-0.3, -0.25) is 4.79 Å². The number of ether oxygens (including phenoxy) is 1. The third-order valence-electron chi connectivity index (χ3n) is 1.38. The number of pyridine rings is 1.